The van der Waals surface area contributed by atoms with Crippen molar-refractivity contribution in [3.63, 3.8) is 0 Å². The normalized spacial score (nSPS) is 17.9. The minimum atomic E-state index is -0.674. The van der Waals surface area contributed by atoms with Gasteiger partial charge in [0.15, 0.2) is 5.82 Å². The van der Waals surface area contributed by atoms with Crippen LogP contribution in [0.5, 0.6) is 0 Å². The molecule has 1 amide bonds. The summed E-state index contributed by atoms with van der Waals surface area (Å²) in [5.74, 6) is 0.630. The summed E-state index contributed by atoms with van der Waals surface area (Å²) in [4.78, 5) is 12.7. The maximum atomic E-state index is 12.4. The van der Waals surface area contributed by atoms with E-state index in [1.165, 1.54) is 0 Å². The minimum absolute atomic E-state index is 0.0808. The van der Waals surface area contributed by atoms with Crippen molar-refractivity contribution in [2.24, 2.45) is 18.2 Å². The van der Waals surface area contributed by atoms with Crippen molar-refractivity contribution >= 4 is 23.1 Å². The number of nitrogens with one attached hydrogen (secondary N) is 1. The summed E-state index contributed by atoms with van der Waals surface area (Å²) in [6.45, 7) is 0.347. The van der Waals surface area contributed by atoms with Crippen LogP contribution in [0.2, 0.25) is 0 Å². The summed E-state index contributed by atoms with van der Waals surface area (Å²) in [5.41, 5.74) is 5.14. The smallest absolute Gasteiger partial charge is 0.233 e. The largest absolute Gasteiger partial charge is 0.392 e. The molecule has 1 saturated carbocycles. The number of hydrogen-bond donors (Lipinski definition) is 2. The van der Waals surface area contributed by atoms with E-state index < -0.39 is 5.41 Å². The quantitative estimate of drug-likeness (QED) is 0.792. The van der Waals surface area contributed by atoms with Gasteiger partial charge in [0.2, 0.25) is 5.91 Å². The highest BCUT2D eigenvalue weighted by atomic mass is 32.1. The van der Waals surface area contributed by atoms with E-state index in [-0.39, 0.29) is 5.91 Å². The van der Waals surface area contributed by atoms with Crippen LogP contribution in [-0.4, -0.2) is 25.7 Å². The van der Waals surface area contributed by atoms with Crippen molar-refractivity contribution in [2.75, 3.05) is 0 Å². The number of aryl methyl sites for hydroxylation is 1. The van der Waals surface area contributed by atoms with Gasteiger partial charge >= 0.3 is 0 Å². The number of amides is 1. The molecule has 2 rings (SSSR count). The molecule has 104 valence electrons. The Kier molecular flexibility index (Phi) is 4.14. The van der Waals surface area contributed by atoms with Crippen LogP contribution in [-0.2, 0) is 18.4 Å². The predicted molar refractivity (Wildman–Crippen MR) is 75.2 cm³/mol. The molecule has 1 aliphatic rings. The number of thiocarbonyl (C=S) groups is 1. The first-order valence-corrected chi connectivity index (χ1v) is 6.88. The third-order valence-corrected chi connectivity index (χ3v) is 4.22. The van der Waals surface area contributed by atoms with Gasteiger partial charge in [-0.15, -0.1) is 10.2 Å². The fourth-order valence-electron chi connectivity index (χ4n) is 2.54. The first-order chi connectivity index (χ1) is 9.06. The molecular weight excluding hydrogens is 262 g/mol. The van der Waals surface area contributed by atoms with Gasteiger partial charge < -0.3 is 15.6 Å². The summed E-state index contributed by atoms with van der Waals surface area (Å²) >= 11 is 5.13. The molecule has 1 aliphatic carbocycles. The number of rotatable bonds is 4. The molecule has 0 bridgehead atoms. The van der Waals surface area contributed by atoms with E-state index >= 15 is 0 Å². The maximum absolute atomic E-state index is 12.4. The zero-order valence-electron chi connectivity index (χ0n) is 11.1. The number of carbonyl (C=O) groups excluding carboxylic acids is 1. The molecule has 1 heterocycles. The average Bonchev–Trinajstić information content (AvgIpc) is 2.82. The molecule has 3 N–H and O–H groups in total. The van der Waals surface area contributed by atoms with E-state index in [0.29, 0.717) is 17.4 Å². The zero-order chi connectivity index (χ0) is 13.9. The van der Waals surface area contributed by atoms with Crippen molar-refractivity contribution in [1.29, 1.82) is 0 Å². The topological polar surface area (TPSA) is 85.8 Å². The monoisotopic (exact) mass is 281 g/mol. The lowest BCUT2D eigenvalue weighted by molar-refractivity contribution is -0.129. The van der Waals surface area contributed by atoms with Gasteiger partial charge in [-0.1, -0.05) is 31.5 Å². The SMILES string of the molecule is Cn1cnnc1CNC(=O)C1(C(N)=S)CCCCC1. The van der Waals surface area contributed by atoms with Crippen molar-refractivity contribution in [1.82, 2.24) is 20.1 Å². The van der Waals surface area contributed by atoms with E-state index in [0.717, 1.165) is 32.1 Å². The van der Waals surface area contributed by atoms with Crippen LogP contribution in [0.25, 0.3) is 0 Å². The third kappa shape index (κ3) is 2.75. The lowest BCUT2D eigenvalue weighted by Crippen LogP contribution is -2.49. The molecule has 6 nitrogen and oxygen atoms in total. The second-order valence-electron chi connectivity index (χ2n) is 5.05. The number of carbonyl (C=O) groups is 1. The molecule has 19 heavy (non-hydrogen) atoms. The van der Waals surface area contributed by atoms with Crippen LogP contribution >= 0.6 is 12.2 Å². The Morgan fingerprint density at radius 3 is 2.74 bits per heavy atom. The van der Waals surface area contributed by atoms with E-state index in [2.05, 4.69) is 15.5 Å². The highest BCUT2D eigenvalue weighted by molar-refractivity contribution is 7.80. The van der Waals surface area contributed by atoms with Crippen molar-refractivity contribution < 1.29 is 4.79 Å². The molecule has 1 aromatic heterocycles. The Bertz CT molecular complexity index is 478. The van der Waals surface area contributed by atoms with Crippen LogP contribution in [0, 0.1) is 5.41 Å². The van der Waals surface area contributed by atoms with Gasteiger partial charge in [0.1, 0.15) is 6.33 Å². The molecule has 0 radical (unpaired) electrons. The summed E-state index contributed by atoms with van der Waals surface area (Å²) in [5, 5.41) is 10.6. The number of nitrogens with two attached hydrogens (primary N) is 1. The highest BCUT2D eigenvalue weighted by Crippen LogP contribution is 2.36. The molecule has 7 heteroatoms. The summed E-state index contributed by atoms with van der Waals surface area (Å²) in [6, 6.07) is 0. The third-order valence-electron chi connectivity index (χ3n) is 3.83. The number of nitrogens with zero attached hydrogens (tertiary/aromatic N) is 3. The lowest BCUT2D eigenvalue weighted by atomic mass is 9.73. The molecule has 0 saturated heterocycles. The van der Waals surface area contributed by atoms with Gasteiger partial charge in [-0.25, -0.2) is 0 Å². The van der Waals surface area contributed by atoms with Gasteiger partial charge in [0.05, 0.1) is 16.9 Å². The van der Waals surface area contributed by atoms with Crippen LogP contribution in [0.4, 0.5) is 0 Å². The Hall–Kier alpha value is -1.50. The molecule has 0 aromatic carbocycles. The summed E-state index contributed by atoms with van der Waals surface area (Å²) in [6.07, 6.45) is 6.22. The zero-order valence-corrected chi connectivity index (χ0v) is 11.9. The molecule has 0 aliphatic heterocycles. The van der Waals surface area contributed by atoms with Gasteiger partial charge in [-0.2, -0.15) is 0 Å². The van der Waals surface area contributed by atoms with Gasteiger partial charge in [-0.05, 0) is 12.8 Å². The Balaban J connectivity index is 2.04. The molecule has 0 atom stereocenters. The van der Waals surface area contributed by atoms with Crippen LogP contribution < -0.4 is 11.1 Å². The molecule has 1 aromatic rings. The minimum Gasteiger partial charge on any atom is -0.392 e. The average molecular weight is 281 g/mol. The lowest BCUT2D eigenvalue weighted by Gasteiger charge is -2.34. The number of hydrogen-bond acceptors (Lipinski definition) is 4. The maximum Gasteiger partial charge on any atom is 0.233 e. The second-order valence-corrected chi connectivity index (χ2v) is 5.49. The first kappa shape index (κ1) is 13.9. The van der Waals surface area contributed by atoms with E-state index in [4.69, 9.17) is 18.0 Å². The summed E-state index contributed by atoms with van der Waals surface area (Å²) < 4.78 is 1.77. The highest BCUT2D eigenvalue weighted by Gasteiger charge is 2.42. The predicted octanol–water partition coefficient (Wildman–Crippen LogP) is 0.668. The van der Waals surface area contributed by atoms with E-state index in [9.17, 15) is 4.79 Å². The molecule has 1 fully saturated rings. The van der Waals surface area contributed by atoms with Crippen molar-refractivity contribution in [3.8, 4) is 0 Å². The van der Waals surface area contributed by atoms with E-state index in [1.807, 2.05) is 7.05 Å². The second kappa shape index (κ2) is 5.64. The number of aromatic nitrogens is 3. The van der Waals surface area contributed by atoms with Crippen LogP contribution in [0.1, 0.15) is 37.9 Å². The van der Waals surface area contributed by atoms with Gasteiger partial charge in [-0.3, -0.25) is 4.79 Å². The Labute approximate surface area is 117 Å². The van der Waals surface area contributed by atoms with Crippen molar-refractivity contribution in [2.45, 2.75) is 38.6 Å². The molecule has 0 spiro atoms. The van der Waals surface area contributed by atoms with Gasteiger partial charge in [0.25, 0.3) is 0 Å². The van der Waals surface area contributed by atoms with Crippen molar-refractivity contribution in [3.05, 3.63) is 12.2 Å². The molecule has 0 unspecified atom stereocenters. The molecular formula is C12H19N5OS. The van der Waals surface area contributed by atoms with Crippen LogP contribution in [0.3, 0.4) is 0 Å². The fraction of sp³-hybridized carbons (Fsp3) is 0.667. The standard InChI is InChI=1S/C12H19N5OS/c1-17-8-15-16-9(17)7-14-11(18)12(10(13)19)5-3-2-4-6-12/h8H,2-7H2,1H3,(H2,13,19)(H,14,18). The fourth-order valence-corrected chi connectivity index (χ4v) is 2.83. The first-order valence-electron chi connectivity index (χ1n) is 6.47. The Morgan fingerprint density at radius 1 is 1.53 bits per heavy atom. The Morgan fingerprint density at radius 2 is 2.21 bits per heavy atom. The van der Waals surface area contributed by atoms with E-state index in [1.54, 1.807) is 10.9 Å². The summed E-state index contributed by atoms with van der Waals surface area (Å²) in [7, 11) is 1.84. The van der Waals surface area contributed by atoms with Crippen LogP contribution in [0.15, 0.2) is 6.33 Å². The van der Waals surface area contributed by atoms with Gasteiger partial charge in [0, 0.05) is 7.05 Å².